The van der Waals surface area contributed by atoms with Gasteiger partial charge in [-0.3, -0.25) is 9.59 Å². The predicted octanol–water partition coefficient (Wildman–Crippen LogP) is 2.75. The molecule has 0 aliphatic rings. The minimum Gasteiger partial charge on any atom is -0.481 e. The van der Waals surface area contributed by atoms with Crippen molar-refractivity contribution in [3.05, 3.63) is 48.0 Å². The van der Waals surface area contributed by atoms with E-state index in [1.807, 2.05) is 42.5 Å². The maximum Gasteiger partial charge on any atom is 0.322 e. The molecule has 0 bridgehead atoms. The lowest BCUT2D eigenvalue weighted by Crippen LogP contribution is -2.45. The van der Waals surface area contributed by atoms with E-state index in [2.05, 4.69) is 0 Å². The van der Waals surface area contributed by atoms with Crippen LogP contribution in [0.4, 0.5) is 0 Å². The van der Waals surface area contributed by atoms with Gasteiger partial charge in [-0.1, -0.05) is 42.5 Å². The summed E-state index contributed by atoms with van der Waals surface area (Å²) in [4.78, 5) is 23.8. The predicted molar refractivity (Wildman–Crippen MR) is 92.6 cm³/mol. The third kappa shape index (κ3) is 4.32. The highest BCUT2D eigenvalue weighted by molar-refractivity contribution is 5.95. The number of rotatable bonds is 5. The molecule has 0 saturated carbocycles. The van der Waals surface area contributed by atoms with Crippen LogP contribution in [-0.2, 0) is 20.7 Å². The smallest absolute Gasteiger partial charge is 0.322 e. The van der Waals surface area contributed by atoms with Gasteiger partial charge in [0, 0.05) is 6.04 Å². The number of nitrogens with two attached hydrogens (primary N) is 1. The summed E-state index contributed by atoms with van der Waals surface area (Å²) in [6.45, 7) is 5.08. The van der Waals surface area contributed by atoms with E-state index < -0.39 is 29.5 Å². The summed E-state index contributed by atoms with van der Waals surface area (Å²) in [5.41, 5.74) is 6.23. The minimum atomic E-state index is -1.40. The molecule has 0 aliphatic carbocycles. The standard InChI is InChI=1S/C19H23NO4/c1-19(2,3)24-18(23)16(17(21)22)15(20)11-13-9-6-8-12-7-4-5-10-14(12)13/h4-10,15-16H,11,20H2,1-3H3,(H,21,22)/t15?,16-/m1/s1. The van der Waals surface area contributed by atoms with Crippen LogP contribution in [0.1, 0.15) is 26.3 Å². The number of hydrogen-bond acceptors (Lipinski definition) is 4. The van der Waals surface area contributed by atoms with Crippen molar-refractivity contribution in [2.75, 3.05) is 0 Å². The highest BCUT2D eigenvalue weighted by Crippen LogP contribution is 2.22. The van der Waals surface area contributed by atoms with E-state index in [0.717, 1.165) is 16.3 Å². The molecule has 2 atom stereocenters. The maximum absolute atomic E-state index is 12.2. The largest absolute Gasteiger partial charge is 0.481 e. The monoisotopic (exact) mass is 329 g/mol. The summed E-state index contributed by atoms with van der Waals surface area (Å²) in [6, 6.07) is 12.7. The first kappa shape index (κ1) is 17.9. The molecule has 0 fully saturated rings. The molecule has 0 saturated heterocycles. The first-order valence-electron chi connectivity index (χ1n) is 7.87. The average Bonchev–Trinajstić information content (AvgIpc) is 2.45. The lowest BCUT2D eigenvalue weighted by Gasteiger charge is -2.25. The fourth-order valence-corrected chi connectivity index (χ4v) is 2.67. The van der Waals surface area contributed by atoms with Crippen LogP contribution in [-0.4, -0.2) is 28.7 Å². The van der Waals surface area contributed by atoms with Crippen molar-refractivity contribution in [1.82, 2.24) is 0 Å². The van der Waals surface area contributed by atoms with Crippen molar-refractivity contribution in [2.24, 2.45) is 11.7 Å². The van der Waals surface area contributed by atoms with Crippen molar-refractivity contribution < 1.29 is 19.4 Å². The molecule has 5 heteroatoms. The van der Waals surface area contributed by atoms with Gasteiger partial charge in [-0.15, -0.1) is 0 Å². The van der Waals surface area contributed by atoms with Crippen LogP contribution in [0.25, 0.3) is 10.8 Å². The summed E-state index contributed by atoms with van der Waals surface area (Å²) in [7, 11) is 0. The van der Waals surface area contributed by atoms with Gasteiger partial charge in [-0.05, 0) is 43.5 Å². The summed E-state index contributed by atoms with van der Waals surface area (Å²) < 4.78 is 5.21. The Kier molecular flexibility index (Phi) is 5.24. The number of esters is 1. The highest BCUT2D eigenvalue weighted by atomic mass is 16.6. The molecule has 24 heavy (non-hydrogen) atoms. The van der Waals surface area contributed by atoms with Gasteiger partial charge in [-0.25, -0.2) is 0 Å². The minimum absolute atomic E-state index is 0.275. The Morgan fingerprint density at radius 3 is 2.38 bits per heavy atom. The SMILES string of the molecule is CC(C)(C)OC(=O)[C@@H](C(=O)O)C(N)Cc1cccc2ccccc12. The quantitative estimate of drug-likeness (QED) is 0.650. The molecular weight excluding hydrogens is 306 g/mol. The van der Waals surface area contributed by atoms with Gasteiger partial charge in [-0.2, -0.15) is 0 Å². The van der Waals surface area contributed by atoms with Gasteiger partial charge in [0.05, 0.1) is 0 Å². The summed E-state index contributed by atoms with van der Waals surface area (Å²) in [5, 5.41) is 11.5. The normalized spacial score (nSPS) is 14.2. The van der Waals surface area contributed by atoms with Gasteiger partial charge < -0.3 is 15.6 Å². The van der Waals surface area contributed by atoms with Crippen molar-refractivity contribution in [3.63, 3.8) is 0 Å². The number of ether oxygens (including phenoxy) is 1. The number of carbonyl (C=O) groups excluding carboxylic acids is 1. The molecule has 128 valence electrons. The van der Waals surface area contributed by atoms with Crippen LogP contribution in [0, 0.1) is 5.92 Å². The third-order valence-electron chi connectivity index (χ3n) is 3.69. The van der Waals surface area contributed by atoms with Crippen LogP contribution in [0.5, 0.6) is 0 Å². The van der Waals surface area contributed by atoms with Crippen LogP contribution >= 0.6 is 0 Å². The lowest BCUT2D eigenvalue weighted by molar-refractivity contribution is -0.167. The number of carboxylic acid groups (broad SMARTS) is 1. The Hall–Kier alpha value is -2.40. The van der Waals surface area contributed by atoms with Gasteiger partial charge in [0.25, 0.3) is 0 Å². The summed E-state index contributed by atoms with van der Waals surface area (Å²) >= 11 is 0. The fraction of sp³-hybridized carbons (Fsp3) is 0.368. The summed E-state index contributed by atoms with van der Waals surface area (Å²) in [5.74, 6) is -3.47. The molecule has 2 aromatic rings. The molecule has 2 rings (SSSR count). The van der Waals surface area contributed by atoms with Crippen molar-refractivity contribution >= 4 is 22.7 Å². The Labute approximate surface area is 141 Å². The van der Waals surface area contributed by atoms with Crippen molar-refractivity contribution in [1.29, 1.82) is 0 Å². The molecule has 2 aromatic carbocycles. The first-order chi connectivity index (χ1) is 11.2. The second-order valence-electron chi connectivity index (χ2n) is 6.86. The molecule has 0 radical (unpaired) electrons. The second-order valence-corrected chi connectivity index (χ2v) is 6.86. The Balaban J connectivity index is 2.26. The van der Waals surface area contributed by atoms with E-state index in [1.54, 1.807) is 20.8 Å². The molecule has 0 heterocycles. The molecular formula is C19H23NO4. The van der Waals surface area contributed by atoms with E-state index in [-0.39, 0.29) is 6.42 Å². The van der Waals surface area contributed by atoms with Gasteiger partial charge >= 0.3 is 11.9 Å². The van der Waals surface area contributed by atoms with E-state index in [1.165, 1.54) is 0 Å². The number of fused-ring (bicyclic) bond motifs is 1. The number of carbonyl (C=O) groups is 2. The zero-order valence-electron chi connectivity index (χ0n) is 14.2. The van der Waals surface area contributed by atoms with Gasteiger partial charge in [0.2, 0.25) is 0 Å². The highest BCUT2D eigenvalue weighted by Gasteiger charge is 2.36. The molecule has 0 spiro atoms. The number of hydrogen-bond donors (Lipinski definition) is 2. The number of benzene rings is 2. The van der Waals surface area contributed by atoms with Crippen molar-refractivity contribution in [2.45, 2.75) is 38.8 Å². The van der Waals surface area contributed by atoms with E-state index >= 15 is 0 Å². The summed E-state index contributed by atoms with van der Waals surface area (Å²) in [6.07, 6.45) is 0.275. The number of carboxylic acids is 1. The van der Waals surface area contributed by atoms with Crippen LogP contribution < -0.4 is 5.73 Å². The topological polar surface area (TPSA) is 89.6 Å². The van der Waals surface area contributed by atoms with Crippen molar-refractivity contribution in [3.8, 4) is 0 Å². The molecule has 0 aromatic heterocycles. The van der Waals surface area contributed by atoms with Crippen LogP contribution in [0.15, 0.2) is 42.5 Å². The molecule has 0 aliphatic heterocycles. The second kappa shape index (κ2) is 7.01. The zero-order valence-corrected chi connectivity index (χ0v) is 14.2. The Bertz CT molecular complexity index is 743. The third-order valence-corrected chi connectivity index (χ3v) is 3.69. The van der Waals surface area contributed by atoms with E-state index in [4.69, 9.17) is 10.5 Å². The fourth-order valence-electron chi connectivity index (χ4n) is 2.67. The Morgan fingerprint density at radius 1 is 1.12 bits per heavy atom. The average molecular weight is 329 g/mol. The zero-order chi connectivity index (χ0) is 17.9. The Morgan fingerprint density at radius 2 is 1.75 bits per heavy atom. The molecule has 5 nitrogen and oxygen atoms in total. The van der Waals surface area contributed by atoms with E-state index in [9.17, 15) is 14.7 Å². The van der Waals surface area contributed by atoms with Crippen LogP contribution in [0.3, 0.4) is 0 Å². The number of aliphatic carboxylic acids is 1. The van der Waals surface area contributed by atoms with E-state index in [0.29, 0.717) is 0 Å². The first-order valence-corrected chi connectivity index (χ1v) is 7.87. The van der Waals surface area contributed by atoms with Gasteiger partial charge in [0.15, 0.2) is 5.92 Å². The van der Waals surface area contributed by atoms with Crippen LogP contribution in [0.2, 0.25) is 0 Å². The van der Waals surface area contributed by atoms with Gasteiger partial charge in [0.1, 0.15) is 5.60 Å². The molecule has 0 amide bonds. The maximum atomic E-state index is 12.2. The molecule has 3 N–H and O–H groups in total. The molecule has 1 unspecified atom stereocenters. The lowest BCUT2D eigenvalue weighted by atomic mass is 9.91.